The van der Waals surface area contributed by atoms with Crippen LogP contribution in [0.3, 0.4) is 0 Å². The molecule has 4 rings (SSSR count). The summed E-state index contributed by atoms with van der Waals surface area (Å²) < 4.78 is 27.4. The van der Waals surface area contributed by atoms with E-state index in [9.17, 15) is 13.2 Å². The Morgan fingerprint density at radius 2 is 1.96 bits per heavy atom. The van der Waals surface area contributed by atoms with Gasteiger partial charge < -0.3 is 0 Å². The second-order valence-corrected chi connectivity index (χ2v) is 10.0. The van der Waals surface area contributed by atoms with E-state index in [4.69, 9.17) is 0 Å². The van der Waals surface area contributed by atoms with E-state index in [2.05, 4.69) is 15.5 Å². The molecule has 1 aliphatic rings. The smallest absolute Gasteiger partial charge is 0.244 e. The number of rotatable bonds is 5. The van der Waals surface area contributed by atoms with Crippen LogP contribution < -0.4 is 5.32 Å². The third-order valence-corrected chi connectivity index (χ3v) is 8.02. The van der Waals surface area contributed by atoms with Gasteiger partial charge in [0.15, 0.2) is 0 Å². The molecule has 1 N–H and O–H groups in total. The first-order chi connectivity index (χ1) is 13.6. The molecule has 3 aromatic rings. The van der Waals surface area contributed by atoms with Gasteiger partial charge in [0.25, 0.3) is 0 Å². The van der Waals surface area contributed by atoms with Crippen LogP contribution in [0.1, 0.15) is 19.3 Å². The molecule has 2 aromatic heterocycles. The summed E-state index contributed by atoms with van der Waals surface area (Å²) in [5.41, 5.74) is 0.953. The molecule has 1 saturated heterocycles. The van der Waals surface area contributed by atoms with Crippen molar-refractivity contribution in [3.63, 3.8) is 0 Å². The molecule has 146 valence electrons. The van der Waals surface area contributed by atoms with Crippen LogP contribution in [0.15, 0.2) is 52.1 Å². The maximum Gasteiger partial charge on any atom is 0.244 e. The summed E-state index contributed by atoms with van der Waals surface area (Å²) in [5, 5.41) is 15.9. The van der Waals surface area contributed by atoms with Gasteiger partial charge in [-0.2, -0.15) is 15.6 Å². The number of piperidine rings is 1. The van der Waals surface area contributed by atoms with Gasteiger partial charge in [-0.05, 0) is 36.4 Å². The number of hydrogen-bond donors (Lipinski definition) is 1. The van der Waals surface area contributed by atoms with Crippen molar-refractivity contribution in [2.24, 2.45) is 0 Å². The molecule has 1 fully saturated rings. The molecule has 1 amide bonds. The van der Waals surface area contributed by atoms with Gasteiger partial charge in [-0.25, -0.2) is 8.42 Å². The zero-order valence-electron chi connectivity index (χ0n) is 14.8. The van der Waals surface area contributed by atoms with Crippen LogP contribution in [-0.2, 0) is 14.8 Å². The summed E-state index contributed by atoms with van der Waals surface area (Å²) in [6.45, 7) is 0.325. The standard InChI is InChI=1S/C18H18N4O3S3/c23-16(19-18-21-20-17(27-18)13-9-11-26-12-13)15-8-4-5-10-22(15)28(24,25)14-6-2-1-3-7-14/h1-3,6-7,9,11-12,15H,4-5,8,10H2,(H,19,21,23). The summed E-state index contributed by atoms with van der Waals surface area (Å²) in [6.07, 6.45) is 2.01. The molecule has 0 aliphatic carbocycles. The van der Waals surface area contributed by atoms with Crippen LogP contribution in [0.4, 0.5) is 5.13 Å². The van der Waals surface area contributed by atoms with Gasteiger partial charge in [-0.3, -0.25) is 10.1 Å². The molecule has 7 nitrogen and oxygen atoms in total. The molecule has 10 heteroatoms. The highest BCUT2D eigenvalue weighted by molar-refractivity contribution is 7.89. The number of carbonyl (C=O) groups is 1. The third kappa shape index (κ3) is 3.86. The minimum Gasteiger partial charge on any atom is -0.299 e. The van der Waals surface area contributed by atoms with E-state index in [0.29, 0.717) is 23.1 Å². The van der Waals surface area contributed by atoms with Crippen molar-refractivity contribution >= 4 is 43.7 Å². The Hall–Kier alpha value is -2.14. The summed E-state index contributed by atoms with van der Waals surface area (Å²) in [7, 11) is -3.74. The highest BCUT2D eigenvalue weighted by Crippen LogP contribution is 2.30. The minimum atomic E-state index is -3.74. The third-order valence-electron chi connectivity index (χ3n) is 4.53. The Morgan fingerprint density at radius 1 is 1.14 bits per heavy atom. The molecule has 1 aliphatic heterocycles. The van der Waals surface area contributed by atoms with Crippen molar-refractivity contribution in [1.82, 2.24) is 14.5 Å². The molecule has 1 aromatic carbocycles. The first-order valence-electron chi connectivity index (χ1n) is 8.79. The van der Waals surface area contributed by atoms with Gasteiger partial charge in [-0.1, -0.05) is 36.0 Å². The fraction of sp³-hybridized carbons (Fsp3) is 0.278. The number of nitrogens with one attached hydrogen (secondary N) is 1. The van der Waals surface area contributed by atoms with Crippen LogP contribution in [0.5, 0.6) is 0 Å². The number of thiophene rings is 1. The van der Waals surface area contributed by atoms with Gasteiger partial charge >= 0.3 is 0 Å². The monoisotopic (exact) mass is 434 g/mol. The highest BCUT2D eigenvalue weighted by Gasteiger charge is 2.37. The van der Waals surface area contributed by atoms with Crippen molar-refractivity contribution in [1.29, 1.82) is 0 Å². The predicted octanol–water partition coefficient (Wildman–Crippen LogP) is 3.45. The van der Waals surface area contributed by atoms with Crippen molar-refractivity contribution < 1.29 is 13.2 Å². The van der Waals surface area contributed by atoms with Gasteiger partial charge in [0.1, 0.15) is 11.0 Å². The Bertz CT molecular complexity index is 1050. The Balaban J connectivity index is 1.54. The fourth-order valence-electron chi connectivity index (χ4n) is 3.15. The minimum absolute atomic E-state index is 0.199. The largest absolute Gasteiger partial charge is 0.299 e. The lowest BCUT2D eigenvalue weighted by Crippen LogP contribution is -2.49. The molecule has 1 unspecified atom stereocenters. The van der Waals surface area contributed by atoms with Crippen LogP contribution >= 0.6 is 22.7 Å². The molecule has 1 atom stereocenters. The lowest BCUT2D eigenvalue weighted by atomic mass is 10.0. The number of benzene rings is 1. The summed E-state index contributed by atoms with van der Waals surface area (Å²) in [6, 6.07) is 9.41. The molecule has 3 heterocycles. The molecule has 28 heavy (non-hydrogen) atoms. The number of hydrogen-bond acceptors (Lipinski definition) is 7. The van der Waals surface area contributed by atoms with E-state index in [1.807, 2.05) is 16.8 Å². The van der Waals surface area contributed by atoms with Crippen LogP contribution in [0.2, 0.25) is 0 Å². The maximum absolute atomic E-state index is 13.0. The van der Waals surface area contributed by atoms with Crippen molar-refractivity contribution in [2.75, 3.05) is 11.9 Å². The lowest BCUT2D eigenvalue weighted by molar-refractivity contribution is -0.120. The quantitative estimate of drug-likeness (QED) is 0.664. The normalized spacial score (nSPS) is 18.1. The predicted molar refractivity (Wildman–Crippen MR) is 110 cm³/mol. The van der Waals surface area contributed by atoms with Crippen molar-refractivity contribution in [3.05, 3.63) is 47.2 Å². The first kappa shape index (κ1) is 19.2. The average molecular weight is 435 g/mol. The summed E-state index contributed by atoms with van der Waals surface area (Å²) in [5.74, 6) is -0.368. The van der Waals surface area contributed by atoms with E-state index < -0.39 is 16.1 Å². The number of carbonyl (C=O) groups excluding carboxylic acids is 1. The topological polar surface area (TPSA) is 92.3 Å². The van der Waals surface area contributed by atoms with E-state index in [-0.39, 0.29) is 10.8 Å². The van der Waals surface area contributed by atoms with E-state index >= 15 is 0 Å². The van der Waals surface area contributed by atoms with Gasteiger partial charge in [0.2, 0.25) is 21.1 Å². The first-order valence-corrected chi connectivity index (χ1v) is 12.0. The van der Waals surface area contributed by atoms with Gasteiger partial charge in [0, 0.05) is 17.5 Å². The number of sulfonamides is 1. The van der Waals surface area contributed by atoms with Crippen LogP contribution in [0.25, 0.3) is 10.6 Å². The average Bonchev–Trinajstić information content (AvgIpc) is 3.40. The molecule has 0 saturated carbocycles. The second kappa shape index (κ2) is 8.08. The number of aromatic nitrogens is 2. The number of nitrogens with zero attached hydrogens (tertiary/aromatic N) is 3. The van der Waals surface area contributed by atoms with Crippen molar-refractivity contribution in [2.45, 2.75) is 30.2 Å². The number of anilines is 1. The summed E-state index contributed by atoms with van der Waals surface area (Å²) >= 11 is 2.83. The lowest BCUT2D eigenvalue weighted by Gasteiger charge is -2.33. The SMILES string of the molecule is O=C(Nc1nnc(-c2ccsc2)s1)C1CCCCN1S(=O)(=O)c1ccccc1. The molecule has 0 spiro atoms. The van der Waals surface area contributed by atoms with E-state index in [1.165, 1.54) is 15.6 Å². The Morgan fingerprint density at radius 3 is 2.71 bits per heavy atom. The highest BCUT2D eigenvalue weighted by atomic mass is 32.2. The Kier molecular flexibility index (Phi) is 5.54. The maximum atomic E-state index is 13.0. The van der Waals surface area contributed by atoms with Gasteiger partial charge in [-0.15, -0.1) is 10.2 Å². The zero-order valence-corrected chi connectivity index (χ0v) is 17.3. The molecule has 0 radical (unpaired) electrons. The Labute approximate surface area is 171 Å². The van der Waals surface area contributed by atoms with E-state index in [1.54, 1.807) is 41.7 Å². The van der Waals surface area contributed by atoms with Crippen LogP contribution in [0, 0.1) is 0 Å². The zero-order chi connectivity index (χ0) is 19.6. The molecular weight excluding hydrogens is 416 g/mol. The summed E-state index contributed by atoms with van der Waals surface area (Å²) in [4.78, 5) is 13.1. The molecule has 0 bridgehead atoms. The van der Waals surface area contributed by atoms with E-state index in [0.717, 1.165) is 18.4 Å². The molecular formula is C18H18N4O3S3. The van der Waals surface area contributed by atoms with Gasteiger partial charge in [0.05, 0.1) is 4.90 Å². The van der Waals surface area contributed by atoms with Crippen molar-refractivity contribution in [3.8, 4) is 10.6 Å². The van der Waals surface area contributed by atoms with Crippen LogP contribution in [-0.4, -0.2) is 41.4 Å². The number of amides is 1. The fourth-order valence-corrected chi connectivity index (χ4v) is 6.28. The second-order valence-electron chi connectivity index (χ2n) is 6.35.